The molecule has 0 aliphatic carbocycles. The lowest BCUT2D eigenvalue weighted by Crippen LogP contribution is -1.79. The average molecular weight is 892 g/mol. The highest BCUT2D eigenvalue weighted by Crippen LogP contribution is 2.47. The van der Waals surface area contributed by atoms with E-state index in [0.29, 0.717) is 0 Å². The van der Waals surface area contributed by atoms with Crippen LogP contribution in [-0.4, -0.2) is 0 Å². The van der Waals surface area contributed by atoms with Crippen molar-refractivity contribution in [3.8, 4) is 0 Å². The van der Waals surface area contributed by atoms with Crippen molar-refractivity contribution in [1.29, 1.82) is 0 Å². The van der Waals surface area contributed by atoms with Gasteiger partial charge in [0.05, 0.1) is 22.8 Å². The fraction of sp³-hybridized carbons (Fsp3) is 0.348. The van der Waals surface area contributed by atoms with Gasteiger partial charge in [0, 0.05) is 63.2 Å². The molecule has 0 fully saturated rings. The zero-order valence-electron chi connectivity index (χ0n) is 34.8. The summed E-state index contributed by atoms with van der Waals surface area (Å²) >= 11 is 17.5. The van der Waals surface area contributed by atoms with Gasteiger partial charge in [-0.1, -0.05) is 0 Å². The Kier molecular flexibility index (Phi) is 11.8. The molecule has 9 heteroatoms. The van der Waals surface area contributed by atoms with Gasteiger partial charge in [-0.05, 0) is 178 Å². The molecule has 0 aliphatic rings. The van der Waals surface area contributed by atoms with Gasteiger partial charge in [0.15, 0.2) is 0 Å². The molecule has 0 atom stereocenters. The molecule has 0 N–H and O–H groups in total. The van der Waals surface area contributed by atoms with Crippen LogP contribution in [0, 0.1) is 111 Å². The molecule has 0 amide bonds. The quantitative estimate of drug-likeness (QED) is 0.142. The highest BCUT2D eigenvalue weighted by molar-refractivity contribution is 7.39. The number of thiophene rings is 9. The van der Waals surface area contributed by atoms with E-state index in [0.717, 1.165) is 0 Å². The molecule has 0 bridgehead atoms. The highest BCUT2D eigenvalue weighted by atomic mass is 32.2. The normalized spacial score (nSPS) is 11.6. The number of fused-ring (bicyclic) bond motifs is 7. The van der Waals surface area contributed by atoms with Crippen molar-refractivity contribution in [3.05, 3.63) is 95.7 Å². The molecule has 9 aromatic heterocycles. The molecule has 10 aromatic rings. The van der Waals surface area contributed by atoms with Crippen molar-refractivity contribution in [2.45, 2.75) is 111 Å². The first-order chi connectivity index (χ1) is 25.9. The lowest BCUT2D eigenvalue weighted by molar-refractivity contribution is 1.42. The van der Waals surface area contributed by atoms with E-state index in [9.17, 15) is 0 Å². The molecular formula is C46H50S9. The Bertz CT molecular complexity index is 2790. The van der Waals surface area contributed by atoms with Gasteiger partial charge in [-0.25, -0.2) is 0 Å². The van der Waals surface area contributed by atoms with Crippen molar-refractivity contribution in [1.82, 2.24) is 0 Å². The van der Waals surface area contributed by atoms with Gasteiger partial charge in [0.2, 0.25) is 0 Å². The van der Waals surface area contributed by atoms with E-state index < -0.39 is 0 Å². The monoisotopic (exact) mass is 890 g/mol. The van der Waals surface area contributed by atoms with Crippen LogP contribution in [0.4, 0.5) is 0 Å². The SMILES string of the molecule is Cc1cc2c(C)c3sc(C)cc3c(C)c2s1.Cc1sc2c(C)c(C)sc2c1C.Cc1sc2c(sc3c(C)c(C)sc32)c1C.Cc1sc2sc(C)c(C)c2c1C. The van der Waals surface area contributed by atoms with Crippen molar-refractivity contribution >= 4 is 160 Å². The second-order valence-electron chi connectivity index (χ2n) is 14.9. The smallest absolute Gasteiger partial charge is 0.0876 e. The second-order valence-corrected chi connectivity index (χ2v) is 26.0. The zero-order chi connectivity index (χ0) is 39.9. The molecule has 55 heavy (non-hydrogen) atoms. The maximum absolute atomic E-state index is 2.33. The Labute approximate surface area is 362 Å². The molecule has 9 heterocycles. The summed E-state index contributed by atoms with van der Waals surface area (Å²) in [4.78, 5) is 11.7. The maximum atomic E-state index is 2.33. The lowest BCUT2D eigenvalue weighted by atomic mass is 10.0. The third-order valence-electron chi connectivity index (χ3n) is 11.2. The average Bonchev–Trinajstić information content (AvgIpc) is 4.03. The maximum Gasteiger partial charge on any atom is 0.0876 e. The Hall–Kier alpha value is -1.92. The van der Waals surface area contributed by atoms with Gasteiger partial charge in [0.1, 0.15) is 0 Å². The van der Waals surface area contributed by atoms with Gasteiger partial charge < -0.3 is 0 Å². The third kappa shape index (κ3) is 7.27. The number of hydrogen-bond donors (Lipinski definition) is 0. The van der Waals surface area contributed by atoms with E-state index in [1.54, 1.807) is 0 Å². The fourth-order valence-corrected chi connectivity index (χ4v) is 18.9. The Morgan fingerprint density at radius 2 is 0.545 bits per heavy atom. The molecule has 288 valence electrons. The van der Waals surface area contributed by atoms with Crippen LogP contribution in [0.15, 0.2) is 12.1 Å². The van der Waals surface area contributed by atoms with Crippen LogP contribution in [0.2, 0.25) is 0 Å². The topological polar surface area (TPSA) is 0 Å². The van der Waals surface area contributed by atoms with Gasteiger partial charge in [-0.3, -0.25) is 0 Å². The first-order valence-corrected chi connectivity index (χ1v) is 25.9. The van der Waals surface area contributed by atoms with Crippen molar-refractivity contribution in [2.24, 2.45) is 0 Å². The van der Waals surface area contributed by atoms with Crippen molar-refractivity contribution < 1.29 is 0 Å². The third-order valence-corrected chi connectivity index (χ3v) is 23.1. The van der Waals surface area contributed by atoms with E-state index in [1.807, 2.05) is 102 Å². The van der Waals surface area contributed by atoms with Crippen LogP contribution in [0.5, 0.6) is 0 Å². The minimum atomic E-state index is 1.41. The first kappa shape index (κ1) is 41.2. The predicted molar refractivity (Wildman–Crippen MR) is 267 cm³/mol. The van der Waals surface area contributed by atoms with Crippen molar-refractivity contribution in [2.75, 3.05) is 0 Å². The van der Waals surface area contributed by atoms with E-state index in [-0.39, 0.29) is 0 Å². The summed E-state index contributed by atoms with van der Waals surface area (Å²) in [5, 5.41) is 4.42. The van der Waals surface area contributed by atoms with Crippen LogP contribution >= 0.6 is 102 Å². The van der Waals surface area contributed by atoms with Gasteiger partial charge >= 0.3 is 0 Å². The minimum absolute atomic E-state index is 1.41. The summed E-state index contributed by atoms with van der Waals surface area (Å²) in [6.07, 6.45) is 0. The Morgan fingerprint density at radius 3 is 0.873 bits per heavy atom. The minimum Gasteiger partial charge on any atom is -0.140 e. The summed E-state index contributed by atoms with van der Waals surface area (Å²) < 4.78 is 13.5. The van der Waals surface area contributed by atoms with Gasteiger partial charge in [-0.2, -0.15) is 0 Å². The second kappa shape index (κ2) is 15.7. The summed E-state index contributed by atoms with van der Waals surface area (Å²) in [6.45, 7) is 35.6. The molecule has 1 aromatic carbocycles. The highest BCUT2D eigenvalue weighted by Gasteiger charge is 2.17. The van der Waals surface area contributed by atoms with E-state index in [2.05, 4.69) is 123 Å². The van der Waals surface area contributed by atoms with Crippen LogP contribution in [-0.2, 0) is 0 Å². The van der Waals surface area contributed by atoms with E-state index in [1.165, 1.54) is 141 Å². The zero-order valence-corrected chi connectivity index (χ0v) is 42.2. The number of benzene rings is 1. The largest absolute Gasteiger partial charge is 0.140 e. The molecule has 0 aliphatic heterocycles. The van der Waals surface area contributed by atoms with Gasteiger partial charge in [0.25, 0.3) is 0 Å². The molecule has 0 saturated carbocycles. The molecule has 0 unspecified atom stereocenters. The summed E-state index contributed by atoms with van der Waals surface area (Å²) in [5.74, 6) is 0. The van der Waals surface area contributed by atoms with Crippen molar-refractivity contribution in [3.63, 3.8) is 0 Å². The Morgan fingerprint density at radius 1 is 0.255 bits per heavy atom. The van der Waals surface area contributed by atoms with Crippen LogP contribution in [0.3, 0.4) is 0 Å². The number of rotatable bonds is 0. The fourth-order valence-electron chi connectivity index (χ4n) is 7.11. The van der Waals surface area contributed by atoms with Crippen LogP contribution < -0.4 is 0 Å². The summed E-state index contributed by atoms with van der Waals surface area (Å²) in [5.41, 5.74) is 11.8. The molecule has 0 spiro atoms. The van der Waals surface area contributed by atoms with Crippen LogP contribution in [0.25, 0.3) is 57.8 Å². The molecular weight excluding hydrogens is 841 g/mol. The van der Waals surface area contributed by atoms with E-state index in [4.69, 9.17) is 0 Å². The predicted octanol–water partition coefficient (Wildman–Crippen LogP) is 19.2. The van der Waals surface area contributed by atoms with Gasteiger partial charge in [-0.15, -0.1) is 102 Å². The molecule has 10 rings (SSSR count). The van der Waals surface area contributed by atoms with Crippen LogP contribution in [0.1, 0.15) is 83.5 Å². The number of hydrogen-bond acceptors (Lipinski definition) is 9. The van der Waals surface area contributed by atoms with E-state index >= 15 is 0 Å². The molecule has 0 saturated heterocycles. The summed E-state index contributed by atoms with van der Waals surface area (Å²) in [7, 11) is 0. The standard InChI is InChI=1S/C14H14S2.C12H12S3.2C10H12S2/c1-7-5-11-9(3)14-12(6-8(2)16-14)10(4)13(11)15-7;1-5-7(3)13-11-9(5)15-10-6(2)8(4)14-12(10)11;1-5-7(3)11-10-6(2)8(4)12-9(5)10;1-5-7(3)11-10-9(5)6(2)8(4)12-10/h5-6H,1-4H3;1-4H3;2*1-4H3. The lowest BCUT2D eigenvalue weighted by Gasteiger charge is -2.03. The first-order valence-electron chi connectivity index (χ1n) is 18.6. The molecule has 0 nitrogen and oxygen atoms in total. The number of aryl methyl sites for hydroxylation is 16. The molecule has 0 radical (unpaired) electrons. The summed E-state index contributed by atoms with van der Waals surface area (Å²) in [6, 6.07) is 4.66. The Balaban J connectivity index is 0.000000114.